The van der Waals surface area contributed by atoms with Crippen molar-refractivity contribution in [3.05, 3.63) is 39.0 Å². The molecule has 1 unspecified atom stereocenters. The molecule has 6 heteroatoms. The normalized spacial score (nSPS) is 13.0. The minimum absolute atomic E-state index is 0.0550. The summed E-state index contributed by atoms with van der Waals surface area (Å²) in [6.07, 6.45) is 3.72. The molecule has 0 radical (unpaired) electrons. The molecule has 0 aliphatic heterocycles. The van der Waals surface area contributed by atoms with Gasteiger partial charge in [-0.2, -0.15) is 0 Å². The lowest BCUT2D eigenvalue weighted by molar-refractivity contribution is 0.630. The van der Waals surface area contributed by atoms with Gasteiger partial charge in [-0.15, -0.1) is 11.3 Å². The molecule has 0 bridgehead atoms. The highest BCUT2D eigenvalue weighted by Crippen LogP contribution is 2.31. The van der Waals surface area contributed by atoms with Gasteiger partial charge in [0.25, 0.3) is 0 Å². The second-order valence-corrected chi connectivity index (χ2v) is 5.00. The molecule has 2 aromatic rings. The van der Waals surface area contributed by atoms with Gasteiger partial charge in [-0.3, -0.25) is 5.84 Å². The van der Waals surface area contributed by atoms with Crippen molar-refractivity contribution in [2.75, 3.05) is 0 Å². The Morgan fingerprint density at radius 1 is 1.67 bits per heavy atom. The second kappa shape index (κ2) is 4.44. The fourth-order valence-electron chi connectivity index (χ4n) is 1.39. The maximum Gasteiger partial charge on any atom is 0.0999 e. The van der Waals surface area contributed by atoms with E-state index < -0.39 is 0 Å². The predicted molar refractivity (Wildman–Crippen MR) is 64.4 cm³/mol. The quantitative estimate of drug-likeness (QED) is 0.668. The zero-order valence-corrected chi connectivity index (χ0v) is 10.5. The van der Waals surface area contributed by atoms with Crippen LogP contribution >= 0.6 is 27.3 Å². The minimum atomic E-state index is -0.0550. The third-order valence-corrected chi connectivity index (χ3v) is 4.03. The molecule has 0 saturated carbocycles. The van der Waals surface area contributed by atoms with Crippen LogP contribution in [0, 0.1) is 0 Å². The summed E-state index contributed by atoms with van der Waals surface area (Å²) >= 11 is 5.14. The highest BCUT2D eigenvalue weighted by molar-refractivity contribution is 9.10. The summed E-state index contributed by atoms with van der Waals surface area (Å²) in [5.41, 5.74) is 3.70. The Bertz CT molecular complexity index is 450. The molecule has 3 N–H and O–H groups in total. The summed E-state index contributed by atoms with van der Waals surface area (Å²) in [5, 5.41) is 2.02. The number of rotatable bonds is 3. The number of hydrogen-bond acceptors (Lipinski definition) is 4. The largest absolute Gasteiger partial charge is 0.340 e. The van der Waals surface area contributed by atoms with Gasteiger partial charge in [0, 0.05) is 22.6 Å². The summed E-state index contributed by atoms with van der Waals surface area (Å²) in [6.45, 7) is 0. The Hall–Kier alpha value is -0.690. The van der Waals surface area contributed by atoms with Crippen molar-refractivity contribution in [3.63, 3.8) is 0 Å². The van der Waals surface area contributed by atoms with E-state index in [2.05, 4.69) is 26.3 Å². The maximum atomic E-state index is 5.56. The third kappa shape index (κ3) is 2.12. The number of nitrogens with two attached hydrogens (primary N) is 1. The lowest BCUT2D eigenvalue weighted by atomic mass is 10.2. The molecule has 1 atom stereocenters. The molecule has 80 valence electrons. The SMILES string of the molecule is Cn1cnc(C(NN)c2sccc2Br)c1. The van der Waals surface area contributed by atoms with Crippen molar-refractivity contribution < 1.29 is 0 Å². The average Bonchev–Trinajstić information content (AvgIpc) is 2.79. The Kier molecular flexibility index (Phi) is 3.20. The zero-order valence-electron chi connectivity index (χ0n) is 8.14. The zero-order chi connectivity index (χ0) is 10.8. The molecule has 2 heterocycles. The lowest BCUT2D eigenvalue weighted by Crippen LogP contribution is -2.28. The summed E-state index contributed by atoms with van der Waals surface area (Å²) in [7, 11) is 1.94. The molecular weight excluding hydrogens is 276 g/mol. The first-order valence-corrected chi connectivity index (χ1v) is 6.06. The van der Waals surface area contributed by atoms with E-state index in [1.165, 1.54) is 0 Å². The summed E-state index contributed by atoms with van der Waals surface area (Å²) < 4.78 is 2.96. The molecule has 0 aliphatic rings. The van der Waals surface area contributed by atoms with Crippen molar-refractivity contribution >= 4 is 27.3 Å². The molecule has 0 fully saturated rings. The van der Waals surface area contributed by atoms with Crippen LogP contribution < -0.4 is 11.3 Å². The molecule has 0 aromatic carbocycles. The van der Waals surface area contributed by atoms with E-state index >= 15 is 0 Å². The Morgan fingerprint density at radius 2 is 2.47 bits per heavy atom. The van der Waals surface area contributed by atoms with E-state index in [9.17, 15) is 0 Å². The number of halogens is 1. The molecule has 4 nitrogen and oxygen atoms in total. The lowest BCUT2D eigenvalue weighted by Gasteiger charge is -2.12. The van der Waals surface area contributed by atoms with Crippen molar-refractivity contribution in [2.24, 2.45) is 12.9 Å². The van der Waals surface area contributed by atoms with E-state index in [0.29, 0.717) is 0 Å². The van der Waals surface area contributed by atoms with E-state index in [4.69, 9.17) is 5.84 Å². The average molecular weight is 287 g/mol. The van der Waals surface area contributed by atoms with Gasteiger partial charge in [-0.05, 0) is 27.4 Å². The monoisotopic (exact) mass is 286 g/mol. The van der Waals surface area contributed by atoms with Crippen molar-refractivity contribution in [1.82, 2.24) is 15.0 Å². The predicted octanol–water partition coefficient (Wildman–Crippen LogP) is 1.80. The minimum Gasteiger partial charge on any atom is -0.340 e. The third-order valence-electron chi connectivity index (χ3n) is 2.09. The van der Waals surface area contributed by atoms with Crippen LogP contribution in [0.4, 0.5) is 0 Å². The molecule has 0 saturated heterocycles. The van der Waals surface area contributed by atoms with Gasteiger partial charge in [0.05, 0.1) is 18.1 Å². The van der Waals surface area contributed by atoms with E-state index in [1.807, 2.05) is 29.3 Å². The summed E-state index contributed by atoms with van der Waals surface area (Å²) in [6, 6.07) is 1.95. The number of aromatic nitrogens is 2. The fraction of sp³-hybridized carbons (Fsp3) is 0.222. The van der Waals surface area contributed by atoms with Crippen LogP contribution in [0.25, 0.3) is 0 Å². The number of aryl methyl sites for hydroxylation is 1. The maximum absolute atomic E-state index is 5.56. The highest BCUT2D eigenvalue weighted by atomic mass is 79.9. The molecule has 2 rings (SSSR count). The van der Waals surface area contributed by atoms with E-state index in [-0.39, 0.29) is 6.04 Å². The Balaban J connectivity index is 2.36. The van der Waals surface area contributed by atoms with Crippen LogP contribution in [-0.2, 0) is 7.05 Å². The van der Waals surface area contributed by atoms with Gasteiger partial charge in [0.15, 0.2) is 0 Å². The topological polar surface area (TPSA) is 55.9 Å². The highest BCUT2D eigenvalue weighted by Gasteiger charge is 2.18. The Labute approximate surface area is 100 Å². The van der Waals surface area contributed by atoms with Crippen LogP contribution in [-0.4, -0.2) is 9.55 Å². The molecule has 0 aliphatic carbocycles. The van der Waals surface area contributed by atoms with Gasteiger partial charge in [-0.25, -0.2) is 10.4 Å². The van der Waals surface area contributed by atoms with Crippen LogP contribution in [0.1, 0.15) is 16.6 Å². The number of hydrogen-bond donors (Lipinski definition) is 2. The molecule has 0 spiro atoms. The van der Waals surface area contributed by atoms with Gasteiger partial charge in [0.2, 0.25) is 0 Å². The number of imidazole rings is 1. The number of nitrogens with zero attached hydrogens (tertiary/aromatic N) is 2. The number of thiophene rings is 1. The standard InChI is InChI=1S/C9H11BrN4S/c1-14-4-7(12-5-14)8(13-11)9-6(10)2-3-15-9/h2-5,8,13H,11H2,1H3. The van der Waals surface area contributed by atoms with Gasteiger partial charge < -0.3 is 4.57 Å². The van der Waals surface area contributed by atoms with Gasteiger partial charge in [0.1, 0.15) is 0 Å². The Morgan fingerprint density at radius 3 is 2.93 bits per heavy atom. The summed E-state index contributed by atoms with van der Waals surface area (Å²) in [5.74, 6) is 5.56. The first-order valence-electron chi connectivity index (χ1n) is 4.39. The van der Waals surface area contributed by atoms with E-state index in [0.717, 1.165) is 15.0 Å². The molecule has 2 aromatic heterocycles. The summed E-state index contributed by atoms with van der Waals surface area (Å²) in [4.78, 5) is 5.43. The first-order chi connectivity index (χ1) is 7.22. The van der Waals surface area contributed by atoms with Crippen LogP contribution in [0.5, 0.6) is 0 Å². The first kappa shape index (κ1) is 10.8. The van der Waals surface area contributed by atoms with Gasteiger partial charge in [-0.1, -0.05) is 0 Å². The number of nitrogens with one attached hydrogen (secondary N) is 1. The fourth-order valence-corrected chi connectivity index (χ4v) is 3.06. The second-order valence-electron chi connectivity index (χ2n) is 3.20. The molecule has 15 heavy (non-hydrogen) atoms. The van der Waals surface area contributed by atoms with Crippen LogP contribution in [0.2, 0.25) is 0 Å². The van der Waals surface area contributed by atoms with E-state index in [1.54, 1.807) is 17.7 Å². The molecular formula is C9H11BrN4S. The van der Waals surface area contributed by atoms with Crippen molar-refractivity contribution in [2.45, 2.75) is 6.04 Å². The van der Waals surface area contributed by atoms with Crippen molar-refractivity contribution in [1.29, 1.82) is 0 Å². The number of hydrazine groups is 1. The molecule has 0 amide bonds. The van der Waals surface area contributed by atoms with Crippen molar-refractivity contribution in [3.8, 4) is 0 Å². The van der Waals surface area contributed by atoms with Crippen LogP contribution in [0.3, 0.4) is 0 Å². The smallest absolute Gasteiger partial charge is 0.0999 e. The van der Waals surface area contributed by atoms with Gasteiger partial charge >= 0.3 is 0 Å². The van der Waals surface area contributed by atoms with Crippen LogP contribution in [0.15, 0.2) is 28.4 Å².